The Hall–Kier alpha value is -1.96. The molecule has 3 aliphatic rings. The number of hydrogen-bond acceptors (Lipinski definition) is 4. The number of allylic oxidation sites excluding steroid dienone is 2. The third-order valence-electron chi connectivity index (χ3n) is 4.81. The summed E-state index contributed by atoms with van der Waals surface area (Å²) in [5, 5.41) is 2.82. The lowest BCUT2D eigenvalue weighted by molar-refractivity contribution is -0.146. The van der Waals surface area contributed by atoms with Crippen LogP contribution in [0.5, 0.6) is 0 Å². The number of carbonyl (C=O) groups is 3. The fourth-order valence-corrected chi connectivity index (χ4v) is 4.46. The molecular formula is C17H12INO4. The van der Waals surface area contributed by atoms with Gasteiger partial charge in [0.05, 0.1) is 12.8 Å². The summed E-state index contributed by atoms with van der Waals surface area (Å²) in [6.45, 7) is 0. The lowest BCUT2D eigenvalue weighted by Crippen LogP contribution is -2.18. The van der Waals surface area contributed by atoms with Crippen LogP contribution >= 0.6 is 22.6 Å². The van der Waals surface area contributed by atoms with Gasteiger partial charge in [-0.25, -0.2) is 0 Å². The van der Waals surface area contributed by atoms with Crippen LogP contribution in [-0.2, 0) is 19.1 Å². The first-order valence-corrected chi connectivity index (χ1v) is 8.22. The number of ketones is 1. The summed E-state index contributed by atoms with van der Waals surface area (Å²) in [5.74, 6) is -1.48. The number of esters is 1. The van der Waals surface area contributed by atoms with Crippen molar-refractivity contribution in [1.82, 2.24) is 0 Å². The SMILES string of the molecule is COC(=O)[C@@]12C=CC(=O)[C@@H]1[C@@H]2/C=C1\C(=O)Nc2cccc(I)c21. The number of hydrogen-bond donors (Lipinski definition) is 1. The van der Waals surface area contributed by atoms with Crippen LogP contribution in [0.1, 0.15) is 5.56 Å². The number of fused-ring (bicyclic) bond motifs is 2. The molecule has 0 radical (unpaired) electrons. The molecule has 0 saturated heterocycles. The Bertz CT molecular complexity index is 841. The average molecular weight is 421 g/mol. The second kappa shape index (κ2) is 4.77. The van der Waals surface area contributed by atoms with Gasteiger partial charge in [-0.2, -0.15) is 0 Å². The topological polar surface area (TPSA) is 72.5 Å². The zero-order valence-corrected chi connectivity index (χ0v) is 14.3. The van der Waals surface area contributed by atoms with E-state index in [9.17, 15) is 14.4 Å². The molecule has 1 aromatic rings. The highest BCUT2D eigenvalue weighted by Gasteiger charge is 2.73. The molecule has 116 valence electrons. The zero-order chi connectivity index (χ0) is 16.4. The Balaban J connectivity index is 1.79. The minimum atomic E-state index is -0.928. The third-order valence-corrected chi connectivity index (χ3v) is 5.71. The van der Waals surface area contributed by atoms with Gasteiger partial charge in [-0.05, 0) is 40.8 Å². The van der Waals surface area contributed by atoms with E-state index < -0.39 is 17.3 Å². The zero-order valence-electron chi connectivity index (χ0n) is 12.1. The highest BCUT2D eigenvalue weighted by Crippen LogP contribution is 2.65. The summed E-state index contributed by atoms with van der Waals surface area (Å²) < 4.78 is 5.82. The van der Waals surface area contributed by atoms with E-state index >= 15 is 0 Å². The minimum Gasteiger partial charge on any atom is -0.468 e. The molecule has 0 unspecified atom stereocenters. The van der Waals surface area contributed by atoms with E-state index in [-0.39, 0.29) is 17.6 Å². The standard InChI is InChI=1S/C17H12INO4/c1-23-16(22)17-6-5-12(20)14(17)9(17)7-8-13-10(18)3-2-4-11(13)19-15(8)21/h2-7,9,14H,1H3,(H,19,21)/b8-7-/t9-,14-,17+/m0/s1. The molecule has 1 aliphatic heterocycles. The van der Waals surface area contributed by atoms with Crippen LogP contribution in [0.15, 0.2) is 36.4 Å². The maximum absolute atomic E-state index is 12.3. The van der Waals surface area contributed by atoms with Gasteiger partial charge in [0.2, 0.25) is 0 Å². The van der Waals surface area contributed by atoms with Crippen LogP contribution in [0.2, 0.25) is 0 Å². The molecule has 1 heterocycles. The second-order valence-corrected chi connectivity index (χ2v) is 7.02. The van der Waals surface area contributed by atoms with Gasteiger partial charge in [0, 0.05) is 26.5 Å². The van der Waals surface area contributed by atoms with Crippen LogP contribution in [0.25, 0.3) is 5.57 Å². The molecule has 1 N–H and O–H groups in total. The molecule has 0 spiro atoms. The van der Waals surface area contributed by atoms with E-state index in [0.29, 0.717) is 5.57 Å². The Morgan fingerprint density at radius 1 is 1.39 bits per heavy atom. The van der Waals surface area contributed by atoms with E-state index in [0.717, 1.165) is 14.8 Å². The first-order valence-electron chi connectivity index (χ1n) is 7.14. The molecular weight excluding hydrogens is 409 g/mol. The van der Waals surface area contributed by atoms with Crippen LogP contribution in [0.3, 0.4) is 0 Å². The van der Waals surface area contributed by atoms with E-state index in [1.807, 2.05) is 18.2 Å². The van der Waals surface area contributed by atoms with Crippen molar-refractivity contribution in [2.24, 2.45) is 17.3 Å². The molecule has 5 nitrogen and oxygen atoms in total. The average Bonchev–Trinajstić information content (AvgIpc) is 2.85. The minimum absolute atomic E-state index is 0.0846. The van der Waals surface area contributed by atoms with Crippen molar-refractivity contribution in [3.05, 3.63) is 45.6 Å². The van der Waals surface area contributed by atoms with Gasteiger partial charge in [-0.1, -0.05) is 18.2 Å². The Morgan fingerprint density at radius 2 is 2.17 bits per heavy atom. The molecule has 4 rings (SSSR count). The van der Waals surface area contributed by atoms with Crippen molar-refractivity contribution in [2.45, 2.75) is 0 Å². The van der Waals surface area contributed by atoms with Crippen molar-refractivity contribution < 1.29 is 19.1 Å². The quantitative estimate of drug-likeness (QED) is 0.452. The van der Waals surface area contributed by atoms with Gasteiger partial charge in [-0.15, -0.1) is 0 Å². The summed E-state index contributed by atoms with van der Waals surface area (Å²) in [6, 6.07) is 5.63. The van der Waals surface area contributed by atoms with Gasteiger partial charge < -0.3 is 10.1 Å². The van der Waals surface area contributed by atoms with Gasteiger partial charge in [0.1, 0.15) is 5.41 Å². The second-order valence-electron chi connectivity index (χ2n) is 5.86. The van der Waals surface area contributed by atoms with E-state index in [1.165, 1.54) is 13.2 Å². The Kier molecular flexibility index (Phi) is 3.03. The maximum Gasteiger partial charge on any atom is 0.317 e. The summed E-state index contributed by atoms with van der Waals surface area (Å²) in [6.07, 6.45) is 4.81. The van der Waals surface area contributed by atoms with Crippen molar-refractivity contribution in [2.75, 3.05) is 12.4 Å². The van der Waals surface area contributed by atoms with E-state index in [4.69, 9.17) is 4.74 Å². The molecule has 6 heteroatoms. The molecule has 1 amide bonds. The predicted octanol–water partition coefficient (Wildman–Crippen LogP) is 2.17. The molecule has 0 aromatic heterocycles. The number of methoxy groups -OCH3 is 1. The van der Waals surface area contributed by atoms with Crippen molar-refractivity contribution in [3.8, 4) is 0 Å². The Labute approximate surface area is 145 Å². The predicted molar refractivity (Wildman–Crippen MR) is 91.3 cm³/mol. The number of carbonyl (C=O) groups excluding carboxylic acids is 3. The fourth-order valence-electron chi connectivity index (χ4n) is 3.67. The lowest BCUT2D eigenvalue weighted by Gasteiger charge is -2.07. The summed E-state index contributed by atoms with van der Waals surface area (Å²) in [5.41, 5.74) is 1.18. The van der Waals surface area contributed by atoms with Crippen molar-refractivity contribution in [3.63, 3.8) is 0 Å². The Morgan fingerprint density at radius 3 is 2.91 bits per heavy atom. The molecule has 1 aromatic carbocycles. The molecule has 23 heavy (non-hydrogen) atoms. The van der Waals surface area contributed by atoms with Crippen LogP contribution < -0.4 is 5.32 Å². The van der Waals surface area contributed by atoms with E-state index in [2.05, 4.69) is 27.9 Å². The number of anilines is 1. The molecule has 1 fully saturated rings. The van der Waals surface area contributed by atoms with Gasteiger partial charge in [0.15, 0.2) is 5.78 Å². The molecule has 0 bridgehead atoms. The fraction of sp³-hybridized carbons (Fsp3) is 0.235. The normalized spacial score (nSPS) is 31.8. The first kappa shape index (κ1) is 14.6. The van der Waals surface area contributed by atoms with Crippen molar-refractivity contribution >= 4 is 51.5 Å². The molecule has 3 atom stereocenters. The largest absolute Gasteiger partial charge is 0.468 e. The number of ether oxygens (including phenoxy) is 1. The summed E-state index contributed by atoms with van der Waals surface area (Å²) in [7, 11) is 1.31. The summed E-state index contributed by atoms with van der Waals surface area (Å²) >= 11 is 2.18. The summed E-state index contributed by atoms with van der Waals surface area (Å²) in [4.78, 5) is 36.4. The molecule has 1 saturated carbocycles. The highest BCUT2D eigenvalue weighted by atomic mass is 127. The molecule has 2 aliphatic carbocycles. The lowest BCUT2D eigenvalue weighted by atomic mass is 10.00. The maximum atomic E-state index is 12.3. The van der Waals surface area contributed by atoms with Gasteiger partial charge >= 0.3 is 5.97 Å². The number of amides is 1. The highest BCUT2D eigenvalue weighted by molar-refractivity contribution is 14.1. The number of benzene rings is 1. The van der Waals surface area contributed by atoms with E-state index in [1.54, 1.807) is 12.2 Å². The van der Waals surface area contributed by atoms with Crippen LogP contribution in [0, 0.1) is 20.8 Å². The van der Waals surface area contributed by atoms with Crippen molar-refractivity contribution in [1.29, 1.82) is 0 Å². The third kappa shape index (κ3) is 1.81. The first-order chi connectivity index (χ1) is 11.0. The number of rotatable bonds is 2. The smallest absolute Gasteiger partial charge is 0.317 e. The van der Waals surface area contributed by atoms with Gasteiger partial charge in [0.25, 0.3) is 5.91 Å². The number of halogens is 1. The van der Waals surface area contributed by atoms with Crippen LogP contribution in [0.4, 0.5) is 5.69 Å². The van der Waals surface area contributed by atoms with Crippen LogP contribution in [-0.4, -0.2) is 24.8 Å². The number of nitrogens with one attached hydrogen (secondary N) is 1. The monoisotopic (exact) mass is 421 g/mol. The van der Waals surface area contributed by atoms with Gasteiger partial charge in [-0.3, -0.25) is 14.4 Å².